The number of nitrogens with zero attached hydrogens (tertiary/aromatic N) is 1. The van der Waals surface area contributed by atoms with Gasteiger partial charge in [0.15, 0.2) is 0 Å². The average Bonchev–Trinajstić information content (AvgIpc) is 3.31. The number of aryl methyl sites for hydroxylation is 1. The summed E-state index contributed by atoms with van der Waals surface area (Å²) in [5, 5.41) is 6.26. The minimum absolute atomic E-state index is 0.502. The van der Waals surface area contributed by atoms with Crippen molar-refractivity contribution in [2.75, 3.05) is 18.9 Å². The number of fused-ring (bicyclic) bond motifs is 1. The third-order valence-electron chi connectivity index (χ3n) is 6.90. The summed E-state index contributed by atoms with van der Waals surface area (Å²) in [5.41, 5.74) is 14.4. The van der Waals surface area contributed by atoms with Crippen LogP contribution in [-0.2, 0) is 6.42 Å². The summed E-state index contributed by atoms with van der Waals surface area (Å²) >= 11 is 0. The van der Waals surface area contributed by atoms with Crippen molar-refractivity contribution in [3.63, 3.8) is 0 Å². The summed E-state index contributed by atoms with van der Waals surface area (Å²) in [6.07, 6.45) is 13.8. The molecule has 0 bridgehead atoms. The molecule has 0 amide bonds. The number of aromatic amines is 1. The summed E-state index contributed by atoms with van der Waals surface area (Å²) in [6.45, 7) is 13.4. The minimum Gasteiger partial charge on any atom is -0.388 e. The van der Waals surface area contributed by atoms with Crippen LogP contribution < -0.4 is 16.4 Å². The van der Waals surface area contributed by atoms with Crippen LogP contribution in [-0.4, -0.2) is 23.6 Å². The number of aromatic nitrogens is 2. The Kier molecular flexibility index (Phi) is 10.3. The summed E-state index contributed by atoms with van der Waals surface area (Å²) in [7, 11) is 1.92. The molecule has 5 heteroatoms. The molecule has 1 aliphatic carbocycles. The van der Waals surface area contributed by atoms with E-state index < -0.39 is 0 Å². The van der Waals surface area contributed by atoms with E-state index in [-0.39, 0.29) is 0 Å². The van der Waals surface area contributed by atoms with E-state index in [9.17, 15) is 0 Å². The van der Waals surface area contributed by atoms with Crippen LogP contribution >= 0.6 is 0 Å². The minimum atomic E-state index is 0.502. The number of hydrogen-bond donors (Lipinski definition) is 4. The van der Waals surface area contributed by atoms with Gasteiger partial charge in [-0.1, -0.05) is 68.9 Å². The molecular weight excluding hydrogens is 454 g/mol. The molecule has 37 heavy (non-hydrogen) atoms. The second-order valence-electron chi connectivity index (χ2n) is 9.86. The zero-order chi connectivity index (χ0) is 26.8. The normalized spacial score (nSPS) is 15.7. The molecule has 0 aliphatic heterocycles. The number of H-pyrrole nitrogens is 1. The second-order valence-corrected chi connectivity index (χ2v) is 9.86. The lowest BCUT2D eigenvalue weighted by atomic mass is 9.85. The zero-order valence-corrected chi connectivity index (χ0v) is 23.1. The maximum Gasteiger partial charge on any atom is 0.113 e. The number of benzene rings is 2. The lowest BCUT2D eigenvalue weighted by Crippen LogP contribution is -2.09. The van der Waals surface area contributed by atoms with Crippen LogP contribution in [0.15, 0.2) is 84.8 Å². The number of imidazole rings is 1. The number of allylic oxidation sites excluding steroid dienone is 5. The Hall–Kier alpha value is -3.57. The molecule has 4 rings (SSSR count). The average molecular weight is 498 g/mol. The maximum atomic E-state index is 5.43. The van der Waals surface area contributed by atoms with E-state index in [0.717, 1.165) is 45.6 Å². The maximum absolute atomic E-state index is 5.43. The Balaban J connectivity index is 0.000000289. The van der Waals surface area contributed by atoms with Crippen LogP contribution in [0.2, 0.25) is 0 Å². The zero-order valence-electron chi connectivity index (χ0n) is 23.1. The van der Waals surface area contributed by atoms with Crippen molar-refractivity contribution in [3.8, 4) is 11.1 Å². The highest BCUT2D eigenvalue weighted by Crippen LogP contribution is 2.28. The first-order chi connectivity index (χ1) is 17.8. The summed E-state index contributed by atoms with van der Waals surface area (Å²) in [5.74, 6) is 2.53. The van der Waals surface area contributed by atoms with Gasteiger partial charge >= 0.3 is 0 Å². The first kappa shape index (κ1) is 28.0. The fourth-order valence-electron chi connectivity index (χ4n) is 4.49. The lowest BCUT2D eigenvalue weighted by Gasteiger charge is -2.20. The standard InChI is InChI=1S/C21H25N5.C11H18/c1-14-11-17(16-5-7-18(23-3)8-6-16)13-19-21(14)26-20(25-19)12-15(2)24-10-4-9-22;1-4-10(3)11-7-5-6-9(2)8-11/h4-8,10-11,13,23-24H,2,9,12,22H2,1,3H3,(H,25,26);5-6,8,10-11H,4,7H2,1-3H3/b10-4-;. The number of nitrogens with one attached hydrogen (secondary N) is 3. The fraction of sp³-hybridized carbons (Fsp3) is 0.344. The molecule has 0 spiro atoms. The highest BCUT2D eigenvalue weighted by Gasteiger charge is 2.13. The van der Waals surface area contributed by atoms with Gasteiger partial charge in [0, 0.05) is 31.4 Å². The molecule has 1 heterocycles. The van der Waals surface area contributed by atoms with Gasteiger partial charge in [-0.25, -0.2) is 4.98 Å². The first-order valence-electron chi connectivity index (χ1n) is 13.3. The van der Waals surface area contributed by atoms with Gasteiger partial charge in [0.05, 0.1) is 11.0 Å². The Morgan fingerprint density at radius 2 is 1.97 bits per heavy atom. The Morgan fingerprint density at radius 1 is 1.22 bits per heavy atom. The molecule has 0 radical (unpaired) electrons. The van der Waals surface area contributed by atoms with Crippen molar-refractivity contribution in [2.24, 2.45) is 17.6 Å². The number of hydrogen-bond acceptors (Lipinski definition) is 4. The predicted molar refractivity (Wildman–Crippen MR) is 160 cm³/mol. The van der Waals surface area contributed by atoms with Gasteiger partial charge < -0.3 is 21.4 Å². The second kappa shape index (κ2) is 13.7. The highest BCUT2D eigenvalue weighted by molar-refractivity contribution is 5.85. The number of anilines is 1. The molecule has 3 aromatic rings. The Bertz CT molecular complexity index is 1260. The number of rotatable bonds is 9. The van der Waals surface area contributed by atoms with E-state index in [0.29, 0.717) is 13.0 Å². The van der Waals surface area contributed by atoms with E-state index in [2.05, 4.69) is 105 Å². The topological polar surface area (TPSA) is 78.8 Å². The monoisotopic (exact) mass is 497 g/mol. The van der Waals surface area contributed by atoms with E-state index in [4.69, 9.17) is 10.7 Å². The van der Waals surface area contributed by atoms with Crippen molar-refractivity contribution in [3.05, 3.63) is 96.1 Å². The van der Waals surface area contributed by atoms with Crippen molar-refractivity contribution >= 4 is 16.7 Å². The molecule has 1 aromatic heterocycles. The first-order valence-corrected chi connectivity index (χ1v) is 13.3. The molecule has 5 nitrogen and oxygen atoms in total. The van der Waals surface area contributed by atoms with Crippen LogP contribution in [0.25, 0.3) is 22.2 Å². The van der Waals surface area contributed by atoms with E-state index >= 15 is 0 Å². The van der Waals surface area contributed by atoms with Crippen LogP contribution in [0, 0.1) is 18.8 Å². The van der Waals surface area contributed by atoms with Gasteiger partial charge in [-0.2, -0.15) is 0 Å². The van der Waals surface area contributed by atoms with Crippen molar-refractivity contribution in [1.82, 2.24) is 15.3 Å². The molecule has 1 aliphatic rings. The molecule has 2 atom stereocenters. The van der Waals surface area contributed by atoms with E-state index in [1.54, 1.807) is 0 Å². The molecule has 0 fully saturated rings. The summed E-state index contributed by atoms with van der Waals surface area (Å²) in [6, 6.07) is 12.7. The van der Waals surface area contributed by atoms with Gasteiger partial charge in [0.25, 0.3) is 0 Å². The van der Waals surface area contributed by atoms with Crippen molar-refractivity contribution < 1.29 is 0 Å². The van der Waals surface area contributed by atoms with E-state index in [1.165, 1.54) is 29.5 Å². The van der Waals surface area contributed by atoms with Crippen LogP contribution in [0.1, 0.15) is 45.0 Å². The van der Waals surface area contributed by atoms with Crippen LogP contribution in [0.4, 0.5) is 5.69 Å². The van der Waals surface area contributed by atoms with Crippen LogP contribution in [0.5, 0.6) is 0 Å². The molecule has 196 valence electrons. The fourth-order valence-corrected chi connectivity index (χ4v) is 4.49. The number of nitrogens with two attached hydrogens (primary N) is 1. The SMILES string of the molecule is C=C(Cc1nc2c(C)cc(-c3ccc(NC)cc3)cc2[nH]1)N/C=C\CN.CCC(C)C1C=C(C)C=CC1. The molecule has 0 saturated carbocycles. The largest absolute Gasteiger partial charge is 0.388 e. The molecule has 2 aromatic carbocycles. The molecule has 0 saturated heterocycles. The van der Waals surface area contributed by atoms with Gasteiger partial charge in [-0.15, -0.1) is 0 Å². The Labute approximate surface area is 222 Å². The molecule has 5 N–H and O–H groups in total. The third kappa shape index (κ3) is 7.96. The third-order valence-corrected chi connectivity index (χ3v) is 6.90. The smallest absolute Gasteiger partial charge is 0.113 e. The van der Waals surface area contributed by atoms with Crippen molar-refractivity contribution in [2.45, 2.75) is 47.0 Å². The predicted octanol–water partition coefficient (Wildman–Crippen LogP) is 7.25. The molecule has 2 unspecified atom stereocenters. The quantitative estimate of drug-likeness (QED) is 0.251. The van der Waals surface area contributed by atoms with Gasteiger partial charge in [-0.05, 0) is 79.3 Å². The summed E-state index contributed by atoms with van der Waals surface area (Å²) < 4.78 is 0. The highest BCUT2D eigenvalue weighted by atomic mass is 14.9. The van der Waals surface area contributed by atoms with E-state index in [1.807, 2.05) is 19.3 Å². The molecular formula is C32H43N5. The lowest BCUT2D eigenvalue weighted by molar-refractivity contribution is 0.416. The van der Waals surface area contributed by atoms with Crippen LogP contribution in [0.3, 0.4) is 0 Å². The summed E-state index contributed by atoms with van der Waals surface area (Å²) in [4.78, 5) is 8.14. The van der Waals surface area contributed by atoms with Gasteiger partial charge in [0.2, 0.25) is 0 Å². The van der Waals surface area contributed by atoms with Gasteiger partial charge in [-0.3, -0.25) is 0 Å². The van der Waals surface area contributed by atoms with Gasteiger partial charge in [0.1, 0.15) is 5.82 Å². The Morgan fingerprint density at radius 3 is 2.62 bits per heavy atom. The van der Waals surface area contributed by atoms with Crippen molar-refractivity contribution in [1.29, 1.82) is 0 Å².